The molecule has 0 saturated carbocycles. The highest BCUT2D eigenvalue weighted by molar-refractivity contribution is 9.10. The van der Waals surface area contributed by atoms with Crippen molar-refractivity contribution in [1.82, 2.24) is 4.90 Å². The summed E-state index contributed by atoms with van der Waals surface area (Å²) in [6, 6.07) is 5.10. The highest BCUT2D eigenvalue weighted by Gasteiger charge is 2.29. The lowest BCUT2D eigenvalue weighted by Crippen LogP contribution is -2.38. The number of rotatable bonds is 6. The molecule has 7 heteroatoms. The maximum absolute atomic E-state index is 14.3. The number of carbonyl (C=O) groups is 1. The quantitative estimate of drug-likeness (QED) is 0.631. The largest absolute Gasteiger partial charge is 0.483 e. The molecule has 1 aromatic heterocycles. The topological polar surface area (TPSA) is 55.6 Å². The first-order valence-electron chi connectivity index (χ1n) is 9.65. The molecule has 0 aliphatic carbocycles. The molecule has 0 bridgehead atoms. The van der Waals surface area contributed by atoms with Crippen LogP contribution in [0.1, 0.15) is 58.5 Å². The number of piperidine rings is 1. The van der Waals surface area contributed by atoms with Gasteiger partial charge in [-0.15, -0.1) is 0 Å². The van der Waals surface area contributed by atoms with Crippen LogP contribution in [0.5, 0.6) is 5.06 Å². The van der Waals surface area contributed by atoms with Crippen LogP contribution in [0.15, 0.2) is 22.7 Å². The molecule has 3 rings (SSSR count). The van der Waals surface area contributed by atoms with Crippen molar-refractivity contribution in [3.05, 3.63) is 50.1 Å². The van der Waals surface area contributed by atoms with E-state index in [0.29, 0.717) is 31.1 Å². The highest BCUT2D eigenvalue weighted by atomic mass is 79.9. The summed E-state index contributed by atoms with van der Waals surface area (Å²) in [5.41, 5.74) is 8.28. The van der Waals surface area contributed by atoms with Crippen molar-refractivity contribution in [1.29, 1.82) is 0 Å². The fourth-order valence-corrected chi connectivity index (χ4v) is 5.26. The van der Waals surface area contributed by atoms with Gasteiger partial charge in [-0.2, -0.15) is 0 Å². The van der Waals surface area contributed by atoms with Gasteiger partial charge in [-0.25, -0.2) is 4.39 Å². The molecule has 28 heavy (non-hydrogen) atoms. The lowest BCUT2D eigenvalue weighted by Gasteiger charge is -2.32. The van der Waals surface area contributed by atoms with Crippen molar-refractivity contribution in [2.24, 2.45) is 5.73 Å². The van der Waals surface area contributed by atoms with Crippen LogP contribution >= 0.6 is 27.3 Å². The van der Waals surface area contributed by atoms with Gasteiger partial charge < -0.3 is 15.4 Å². The molecule has 2 N–H and O–H groups in total. The maximum Gasteiger partial charge on any atom is 0.264 e. The smallest absolute Gasteiger partial charge is 0.264 e. The van der Waals surface area contributed by atoms with E-state index in [0.717, 1.165) is 45.5 Å². The summed E-state index contributed by atoms with van der Waals surface area (Å²) in [4.78, 5) is 15.6. The molecule has 1 aromatic carbocycles. The molecule has 1 aliphatic heterocycles. The summed E-state index contributed by atoms with van der Waals surface area (Å²) in [6.45, 7) is 6.26. The monoisotopic (exact) mass is 468 g/mol. The third-order valence-electron chi connectivity index (χ3n) is 5.19. The number of halogens is 2. The summed E-state index contributed by atoms with van der Waals surface area (Å²) < 4.78 is 20.9. The van der Waals surface area contributed by atoms with E-state index in [4.69, 9.17) is 10.5 Å². The van der Waals surface area contributed by atoms with Crippen molar-refractivity contribution in [3.8, 4) is 5.06 Å². The molecule has 1 saturated heterocycles. The average molecular weight is 469 g/mol. The third kappa shape index (κ3) is 4.42. The molecule has 1 amide bonds. The predicted octanol–water partition coefficient (Wildman–Crippen LogP) is 5.23. The van der Waals surface area contributed by atoms with E-state index < -0.39 is 0 Å². The Kier molecular flexibility index (Phi) is 7.12. The fourth-order valence-electron chi connectivity index (χ4n) is 3.53. The van der Waals surface area contributed by atoms with Crippen molar-refractivity contribution in [3.63, 3.8) is 0 Å². The normalized spacial score (nSPS) is 15.1. The van der Waals surface area contributed by atoms with Crippen LogP contribution in [-0.2, 0) is 6.54 Å². The standard InChI is InChI=1S/C21H26BrFN2O2S/c1-3-10-27-21-18(22)13(2)19(28-21)20(26)25-8-6-15(7-9-25)16-11-14(12-24)4-5-17(16)23/h4-5,11,15H,3,6-10,12,24H2,1-2H3. The Bertz CT molecular complexity index is 847. The first-order valence-corrected chi connectivity index (χ1v) is 11.3. The number of thiophene rings is 1. The van der Waals surface area contributed by atoms with Gasteiger partial charge in [-0.1, -0.05) is 30.4 Å². The van der Waals surface area contributed by atoms with Crippen LogP contribution in [0.3, 0.4) is 0 Å². The summed E-state index contributed by atoms with van der Waals surface area (Å²) in [5, 5.41) is 0.762. The number of hydrogen-bond donors (Lipinski definition) is 1. The Morgan fingerprint density at radius 2 is 2.11 bits per heavy atom. The lowest BCUT2D eigenvalue weighted by atomic mass is 9.88. The first-order chi connectivity index (χ1) is 13.5. The van der Waals surface area contributed by atoms with Crippen LogP contribution in [0.25, 0.3) is 0 Å². The van der Waals surface area contributed by atoms with Crippen LogP contribution in [0.4, 0.5) is 4.39 Å². The van der Waals surface area contributed by atoms with E-state index in [1.165, 1.54) is 17.4 Å². The Morgan fingerprint density at radius 3 is 2.75 bits per heavy atom. The van der Waals surface area contributed by atoms with Gasteiger partial charge in [0.05, 0.1) is 16.0 Å². The summed E-state index contributed by atoms with van der Waals surface area (Å²) in [7, 11) is 0. The minimum atomic E-state index is -0.183. The van der Waals surface area contributed by atoms with Crippen molar-refractivity contribution in [2.75, 3.05) is 19.7 Å². The Hall–Kier alpha value is -1.44. The minimum Gasteiger partial charge on any atom is -0.483 e. The molecule has 4 nitrogen and oxygen atoms in total. The molecule has 2 aromatic rings. The molecule has 1 fully saturated rings. The van der Waals surface area contributed by atoms with E-state index in [2.05, 4.69) is 22.9 Å². The molecule has 0 radical (unpaired) electrons. The van der Waals surface area contributed by atoms with Crippen LogP contribution in [0.2, 0.25) is 0 Å². The number of likely N-dealkylation sites (tertiary alicyclic amines) is 1. The Balaban J connectivity index is 1.69. The second kappa shape index (κ2) is 9.37. The van der Waals surface area contributed by atoms with Crippen LogP contribution < -0.4 is 10.5 Å². The zero-order chi connectivity index (χ0) is 20.3. The number of amides is 1. The van der Waals surface area contributed by atoms with Gasteiger partial charge in [0.25, 0.3) is 5.91 Å². The lowest BCUT2D eigenvalue weighted by molar-refractivity contribution is 0.0716. The van der Waals surface area contributed by atoms with E-state index in [1.807, 2.05) is 17.9 Å². The van der Waals surface area contributed by atoms with Gasteiger partial charge in [0.1, 0.15) is 5.82 Å². The Morgan fingerprint density at radius 1 is 1.39 bits per heavy atom. The SMILES string of the molecule is CCCOc1sc(C(=O)N2CCC(c3cc(CN)ccc3F)CC2)c(C)c1Br. The van der Waals surface area contributed by atoms with E-state index in [1.54, 1.807) is 6.07 Å². The van der Waals surface area contributed by atoms with Crippen molar-refractivity contribution in [2.45, 2.75) is 45.6 Å². The predicted molar refractivity (Wildman–Crippen MR) is 115 cm³/mol. The molecule has 0 spiro atoms. The summed E-state index contributed by atoms with van der Waals surface area (Å²) in [6.07, 6.45) is 2.42. The second-order valence-corrected chi connectivity index (χ2v) is 8.91. The van der Waals surface area contributed by atoms with Gasteiger partial charge in [0, 0.05) is 19.6 Å². The number of nitrogens with zero attached hydrogens (tertiary/aromatic N) is 1. The number of hydrogen-bond acceptors (Lipinski definition) is 4. The van der Waals surface area contributed by atoms with Crippen LogP contribution in [0, 0.1) is 12.7 Å². The van der Waals surface area contributed by atoms with Gasteiger partial charge in [0.15, 0.2) is 5.06 Å². The molecule has 152 valence electrons. The average Bonchev–Trinajstić information content (AvgIpc) is 3.00. The zero-order valence-corrected chi connectivity index (χ0v) is 18.7. The first kappa shape index (κ1) is 21.3. The number of nitrogens with two attached hydrogens (primary N) is 1. The fraction of sp³-hybridized carbons (Fsp3) is 0.476. The maximum atomic E-state index is 14.3. The third-order valence-corrected chi connectivity index (χ3v) is 7.60. The molecule has 0 unspecified atom stereocenters. The minimum absolute atomic E-state index is 0.0316. The number of carbonyl (C=O) groups excluding carboxylic acids is 1. The van der Waals surface area contributed by atoms with Gasteiger partial charge in [-0.05, 0) is 70.8 Å². The number of ether oxygens (including phenoxy) is 1. The van der Waals surface area contributed by atoms with E-state index >= 15 is 0 Å². The summed E-state index contributed by atoms with van der Waals surface area (Å²) in [5.74, 6) is -0.0305. The molecule has 1 aliphatic rings. The molecule has 0 atom stereocenters. The van der Waals surface area contributed by atoms with Crippen molar-refractivity contribution < 1.29 is 13.9 Å². The molecular formula is C21H26BrFN2O2S. The van der Waals surface area contributed by atoms with Gasteiger partial charge in [-0.3, -0.25) is 4.79 Å². The zero-order valence-electron chi connectivity index (χ0n) is 16.3. The van der Waals surface area contributed by atoms with Crippen LogP contribution in [-0.4, -0.2) is 30.5 Å². The highest BCUT2D eigenvalue weighted by Crippen LogP contribution is 2.40. The van der Waals surface area contributed by atoms with E-state index in [9.17, 15) is 9.18 Å². The second-order valence-electron chi connectivity index (χ2n) is 7.13. The summed E-state index contributed by atoms with van der Waals surface area (Å²) >= 11 is 4.95. The van der Waals surface area contributed by atoms with E-state index in [-0.39, 0.29) is 17.6 Å². The van der Waals surface area contributed by atoms with Crippen molar-refractivity contribution >= 4 is 33.2 Å². The molecule has 2 heterocycles. The molecular weight excluding hydrogens is 443 g/mol. The van der Waals surface area contributed by atoms with Gasteiger partial charge in [0.2, 0.25) is 0 Å². The number of benzene rings is 1. The Labute approximate surface area is 178 Å². The van der Waals surface area contributed by atoms with Gasteiger partial charge >= 0.3 is 0 Å².